The number of benzene rings is 5. The topological polar surface area (TPSA) is 51.8 Å². The second kappa shape index (κ2) is 9.26. The minimum Gasteiger partial charge on any atom is -0.456 e. The Morgan fingerprint density at radius 2 is 1.15 bits per heavy atom. The second-order valence-electron chi connectivity index (χ2n) is 9.68. The van der Waals surface area contributed by atoms with E-state index in [9.17, 15) is 0 Å². The summed E-state index contributed by atoms with van der Waals surface area (Å²) in [6.07, 6.45) is 0. The van der Waals surface area contributed by atoms with Crippen LogP contribution in [0, 0.1) is 0 Å². The van der Waals surface area contributed by atoms with Crippen LogP contribution in [0.25, 0.3) is 76.6 Å². The molecule has 0 spiro atoms. The molecule has 0 amide bonds. The van der Waals surface area contributed by atoms with Gasteiger partial charge in [-0.15, -0.1) is 11.3 Å². The molecule has 0 radical (unpaired) electrons. The highest BCUT2D eigenvalue weighted by molar-refractivity contribution is 7.26. The third-order valence-electron chi connectivity index (χ3n) is 7.17. The average molecular weight is 532 g/mol. The number of para-hydroxylation sites is 1. The summed E-state index contributed by atoms with van der Waals surface area (Å²) in [5, 5.41) is 3.56. The van der Waals surface area contributed by atoms with Crippen molar-refractivity contribution in [1.82, 2.24) is 15.0 Å². The zero-order chi connectivity index (χ0) is 26.5. The maximum atomic E-state index is 6.08. The first kappa shape index (κ1) is 22.8. The van der Waals surface area contributed by atoms with Crippen LogP contribution < -0.4 is 0 Å². The van der Waals surface area contributed by atoms with Gasteiger partial charge in [-0.05, 0) is 24.3 Å². The summed E-state index contributed by atoms with van der Waals surface area (Å²) in [4.78, 5) is 14.9. The molecule has 0 N–H and O–H groups in total. The van der Waals surface area contributed by atoms with E-state index >= 15 is 0 Å². The van der Waals surface area contributed by atoms with Gasteiger partial charge in [0.25, 0.3) is 0 Å². The van der Waals surface area contributed by atoms with E-state index in [-0.39, 0.29) is 0 Å². The van der Waals surface area contributed by atoms with Gasteiger partial charge in [0.15, 0.2) is 17.5 Å². The summed E-state index contributed by atoms with van der Waals surface area (Å²) in [6.45, 7) is 0. The van der Waals surface area contributed by atoms with Crippen LogP contribution in [0.5, 0.6) is 0 Å². The number of rotatable bonds is 4. The predicted octanol–water partition coefficient (Wildman–Crippen LogP) is 9.65. The first-order valence-electron chi connectivity index (χ1n) is 13.1. The summed E-state index contributed by atoms with van der Waals surface area (Å²) in [7, 11) is 0. The van der Waals surface area contributed by atoms with E-state index in [0.29, 0.717) is 17.5 Å². The highest BCUT2D eigenvalue weighted by Crippen LogP contribution is 2.39. The van der Waals surface area contributed by atoms with Gasteiger partial charge in [0.05, 0.1) is 0 Å². The summed E-state index contributed by atoms with van der Waals surface area (Å²) >= 11 is 1.78. The zero-order valence-corrected chi connectivity index (χ0v) is 22.1. The van der Waals surface area contributed by atoms with Gasteiger partial charge in [-0.3, -0.25) is 0 Å². The minimum absolute atomic E-state index is 0.637. The number of hydrogen-bond acceptors (Lipinski definition) is 5. The third kappa shape index (κ3) is 3.87. The van der Waals surface area contributed by atoms with Gasteiger partial charge >= 0.3 is 0 Å². The molecule has 5 aromatic carbocycles. The largest absolute Gasteiger partial charge is 0.456 e. The van der Waals surface area contributed by atoms with Crippen molar-refractivity contribution in [3.63, 3.8) is 0 Å². The Labute approximate surface area is 234 Å². The lowest BCUT2D eigenvalue weighted by atomic mass is 10.1. The van der Waals surface area contributed by atoms with E-state index in [1.165, 1.54) is 20.2 Å². The molecule has 0 aliphatic heterocycles. The van der Waals surface area contributed by atoms with Gasteiger partial charge in [-0.2, -0.15) is 0 Å². The third-order valence-corrected chi connectivity index (χ3v) is 8.39. The quantitative estimate of drug-likeness (QED) is 0.227. The highest BCUT2D eigenvalue weighted by Gasteiger charge is 2.16. The van der Waals surface area contributed by atoms with Gasteiger partial charge < -0.3 is 4.42 Å². The van der Waals surface area contributed by atoms with Crippen molar-refractivity contribution in [2.24, 2.45) is 0 Å². The molecule has 0 aliphatic carbocycles. The number of furan rings is 1. The van der Waals surface area contributed by atoms with Crippen LogP contribution >= 0.6 is 11.3 Å². The normalized spacial score (nSPS) is 11.5. The molecule has 8 rings (SSSR count). The van der Waals surface area contributed by atoms with Gasteiger partial charge in [0.2, 0.25) is 0 Å². The van der Waals surface area contributed by atoms with Crippen LogP contribution in [0.2, 0.25) is 0 Å². The van der Waals surface area contributed by atoms with Crippen molar-refractivity contribution >= 4 is 42.5 Å². The molecule has 8 aromatic rings. The van der Waals surface area contributed by atoms with E-state index in [1.54, 1.807) is 11.3 Å². The monoisotopic (exact) mass is 531 g/mol. The van der Waals surface area contributed by atoms with Crippen LogP contribution in [-0.4, -0.2) is 15.0 Å². The molecule has 0 unspecified atom stereocenters. The number of hydrogen-bond donors (Lipinski definition) is 0. The first-order valence-corrected chi connectivity index (χ1v) is 13.9. The predicted molar refractivity (Wildman–Crippen MR) is 164 cm³/mol. The number of fused-ring (bicyclic) bond motifs is 4. The fourth-order valence-electron chi connectivity index (χ4n) is 5.17. The molecule has 0 fully saturated rings. The Balaban J connectivity index is 1.28. The molecular formula is C35H21N3OS. The fourth-order valence-corrected chi connectivity index (χ4v) is 6.38. The summed E-state index contributed by atoms with van der Waals surface area (Å²) in [5.41, 5.74) is 4.77. The maximum Gasteiger partial charge on any atom is 0.165 e. The van der Waals surface area contributed by atoms with Crippen molar-refractivity contribution in [2.75, 3.05) is 0 Å². The summed E-state index contributed by atoms with van der Waals surface area (Å²) < 4.78 is 8.51. The van der Waals surface area contributed by atoms with Crippen molar-refractivity contribution in [3.05, 3.63) is 127 Å². The Hall–Kier alpha value is -5.13. The van der Waals surface area contributed by atoms with E-state index < -0.39 is 0 Å². The molecule has 0 aliphatic rings. The van der Waals surface area contributed by atoms with E-state index in [4.69, 9.17) is 19.4 Å². The molecular weight excluding hydrogens is 510 g/mol. The van der Waals surface area contributed by atoms with Crippen LogP contribution in [-0.2, 0) is 0 Å². The number of thiophene rings is 1. The number of nitrogens with zero attached hydrogens (tertiary/aromatic N) is 3. The second-order valence-corrected chi connectivity index (χ2v) is 10.7. The molecule has 0 atom stereocenters. The maximum absolute atomic E-state index is 6.08. The van der Waals surface area contributed by atoms with Gasteiger partial charge in [0.1, 0.15) is 11.3 Å². The Kier molecular flexibility index (Phi) is 5.28. The van der Waals surface area contributed by atoms with Gasteiger partial charge in [-0.25, -0.2) is 15.0 Å². The average Bonchev–Trinajstić information content (AvgIpc) is 3.63. The van der Waals surface area contributed by atoms with Crippen LogP contribution in [0.4, 0.5) is 0 Å². The molecule has 3 heterocycles. The SMILES string of the molecule is c1ccc(-c2nc(-c3ccc(-c4cc5ccccc5o4)cc3)nc(-c3cccc4c3sc3ccccc34)n2)cc1. The molecule has 188 valence electrons. The lowest BCUT2D eigenvalue weighted by Gasteiger charge is -2.09. The van der Waals surface area contributed by atoms with Crippen molar-refractivity contribution in [3.8, 4) is 45.5 Å². The Bertz CT molecular complexity index is 2130. The summed E-state index contributed by atoms with van der Waals surface area (Å²) in [5.74, 6) is 2.80. The highest BCUT2D eigenvalue weighted by atomic mass is 32.1. The van der Waals surface area contributed by atoms with E-state index in [0.717, 1.165) is 39.0 Å². The molecule has 3 aromatic heterocycles. The standard InChI is InChI=1S/C35H21N3OS/c1-2-9-23(10-3-1)33-36-34(24-19-17-22(18-20-24)30-21-25-11-4-6-15-29(25)39-30)38-35(37-33)28-14-8-13-27-26-12-5-7-16-31(26)40-32(27)28/h1-21H. The van der Waals surface area contributed by atoms with Crippen LogP contribution in [0.1, 0.15) is 0 Å². The van der Waals surface area contributed by atoms with E-state index in [2.05, 4.69) is 78.9 Å². The molecule has 4 nitrogen and oxygen atoms in total. The molecule has 40 heavy (non-hydrogen) atoms. The first-order chi connectivity index (χ1) is 19.8. The van der Waals surface area contributed by atoms with Gasteiger partial charge in [-0.1, -0.05) is 103 Å². The van der Waals surface area contributed by atoms with Crippen LogP contribution in [0.15, 0.2) is 132 Å². The molecule has 0 saturated carbocycles. The van der Waals surface area contributed by atoms with Gasteiger partial charge in [0, 0.05) is 47.8 Å². The van der Waals surface area contributed by atoms with Crippen molar-refractivity contribution in [2.45, 2.75) is 0 Å². The lowest BCUT2D eigenvalue weighted by Crippen LogP contribution is -2.00. The smallest absolute Gasteiger partial charge is 0.165 e. The van der Waals surface area contributed by atoms with E-state index in [1.807, 2.05) is 48.5 Å². The Morgan fingerprint density at radius 3 is 1.98 bits per heavy atom. The zero-order valence-electron chi connectivity index (χ0n) is 21.3. The number of aromatic nitrogens is 3. The lowest BCUT2D eigenvalue weighted by molar-refractivity contribution is 0.631. The van der Waals surface area contributed by atoms with Crippen LogP contribution in [0.3, 0.4) is 0 Å². The van der Waals surface area contributed by atoms with Crippen molar-refractivity contribution < 1.29 is 4.42 Å². The van der Waals surface area contributed by atoms with Crippen molar-refractivity contribution in [1.29, 1.82) is 0 Å². The Morgan fingerprint density at radius 1 is 0.500 bits per heavy atom. The molecule has 5 heteroatoms. The fraction of sp³-hybridized carbons (Fsp3) is 0. The minimum atomic E-state index is 0.637. The molecule has 0 saturated heterocycles. The molecule has 0 bridgehead atoms. The summed E-state index contributed by atoms with van der Waals surface area (Å²) in [6, 6.07) is 43.3.